The van der Waals surface area contributed by atoms with Gasteiger partial charge in [-0.3, -0.25) is 0 Å². The molecular formula is C8H10OS2. The third-order valence-corrected chi connectivity index (χ3v) is 2.65. The first kappa shape index (κ1) is 8.81. The van der Waals surface area contributed by atoms with E-state index in [1.165, 1.54) is 10.8 Å². The van der Waals surface area contributed by atoms with Gasteiger partial charge in [-0.1, -0.05) is 10.8 Å². The first-order chi connectivity index (χ1) is 5.15. The van der Waals surface area contributed by atoms with Crippen LogP contribution in [0.1, 0.15) is 11.1 Å². The molecule has 1 N–H and O–H groups in total. The topological polar surface area (TPSA) is 20.2 Å². The molecule has 11 heavy (non-hydrogen) atoms. The van der Waals surface area contributed by atoms with E-state index in [-0.39, 0.29) is 0 Å². The molecule has 0 aliphatic heterocycles. The van der Waals surface area contributed by atoms with Crippen molar-refractivity contribution in [2.24, 2.45) is 0 Å². The van der Waals surface area contributed by atoms with Gasteiger partial charge in [0.2, 0.25) is 0 Å². The summed E-state index contributed by atoms with van der Waals surface area (Å²) in [4.78, 5) is 1.07. The number of rotatable bonds is 1. The van der Waals surface area contributed by atoms with E-state index >= 15 is 0 Å². The van der Waals surface area contributed by atoms with Gasteiger partial charge < -0.3 is 5.11 Å². The highest BCUT2D eigenvalue weighted by Gasteiger charge is 2.01. The zero-order valence-electron chi connectivity index (χ0n) is 6.46. The van der Waals surface area contributed by atoms with E-state index in [0.29, 0.717) is 5.75 Å². The standard InChI is InChI=1S/C8H10OS2/c1-5-3-7(11-10)4-6(2)8(5)9/h3-4,9-10H,1-2H3. The number of hydrogen-bond acceptors (Lipinski definition) is 3. The van der Waals surface area contributed by atoms with Crippen LogP contribution >= 0.6 is 22.5 Å². The van der Waals surface area contributed by atoms with Gasteiger partial charge >= 0.3 is 0 Å². The maximum Gasteiger partial charge on any atom is 0.121 e. The van der Waals surface area contributed by atoms with E-state index in [4.69, 9.17) is 0 Å². The van der Waals surface area contributed by atoms with Gasteiger partial charge in [0.1, 0.15) is 5.75 Å². The maximum absolute atomic E-state index is 9.39. The molecule has 0 radical (unpaired) electrons. The van der Waals surface area contributed by atoms with Crippen molar-refractivity contribution < 1.29 is 5.11 Å². The smallest absolute Gasteiger partial charge is 0.121 e. The monoisotopic (exact) mass is 186 g/mol. The summed E-state index contributed by atoms with van der Waals surface area (Å²) < 4.78 is 0. The van der Waals surface area contributed by atoms with Gasteiger partial charge in [0.05, 0.1) is 0 Å². The van der Waals surface area contributed by atoms with E-state index < -0.39 is 0 Å². The van der Waals surface area contributed by atoms with E-state index in [1.54, 1.807) is 0 Å². The molecular weight excluding hydrogens is 176 g/mol. The Bertz CT molecular complexity index is 248. The van der Waals surface area contributed by atoms with Crippen molar-refractivity contribution in [3.05, 3.63) is 23.3 Å². The van der Waals surface area contributed by atoms with Crippen LogP contribution in [-0.4, -0.2) is 5.11 Å². The van der Waals surface area contributed by atoms with Gasteiger partial charge in [0.25, 0.3) is 0 Å². The Morgan fingerprint density at radius 1 is 1.27 bits per heavy atom. The first-order valence-corrected chi connectivity index (χ1v) is 5.13. The summed E-state index contributed by atoms with van der Waals surface area (Å²) in [7, 11) is 1.39. The summed E-state index contributed by atoms with van der Waals surface area (Å²) in [5.41, 5.74) is 1.81. The van der Waals surface area contributed by atoms with Gasteiger partial charge in [-0.2, -0.15) is 0 Å². The molecule has 0 saturated carbocycles. The molecule has 3 heteroatoms. The first-order valence-electron chi connectivity index (χ1n) is 3.27. The third kappa shape index (κ3) is 1.84. The fourth-order valence-corrected chi connectivity index (χ4v) is 1.74. The molecule has 0 fully saturated rings. The largest absolute Gasteiger partial charge is 0.507 e. The van der Waals surface area contributed by atoms with Crippen LogP contribution in [0.3, 0.4) is 0 Å². The molecule has 60 valence electrons. The van der Waals surface area contributed by atoms with Gasteiger partial charge in [0.15, 0.2) is 0 Å². The molecule has 0 aliphatic carbocycles. The number of phenolic OH excluding ortho intramolecular Hbond substituents is 1. The van der Waals surface area contributed by atoms with Crippen molar-refractivity contribution in [1.29, 1.82) is 0 Å². The molecule has 0 aromatic heterocycles. The molecule has 1 rings (SSSR count). The lowest BCUT2D eigenvalue weighted by Gasteiger charge is -2.04. The molecule has 1 aromatic rings. The number of aryl methyl sites for hydroxylation is 2. The molecule has 0 unspecified atom stereocenters. The Hall–Kier alpha value is -0.280. The summed E-state index contributed by atoms with van der Waals surface area (Å²) in [6, 6.07) is 3.83. The minimum Gasteiger partial charge on any atom is -0.507 e. The van der Waals surface area contributed by atoms with Crippen LogP contribution in [0.15, 0.2) is 17.0 Å². The number of benzene rings is 1. The van der Waals surface area contributed by atoms with Crippen molar-refractivity contribution in [2.75, 3.05) is 0 Å². The lowest BCUT2D eigenvalue weighted by atomic mass is 10.1. The van der Waals surface area contributed by atoms with Crippen LogP contribution < -0.4 is 0 Å². The van der Waals surface area contributed by atoms with Gasteiger partial charge in [-0.25, -0.2) is 0 Å². The molecule has 0 heterocycles. The van der Waals surface area contributed by atoms with Gasteiger partial charge in [0, 0.05) is 4.90 Å². The highest BCUT2D eigenvalue weighted by molar-refractivity contribution is 8.68. The molecule has 0 aliphatic rings. The Morgan fingerprint density at radius 2 is 1.73 bits per heavy atom. The summed E-state index contributed by atoms with van der Waals surface area (Å²) in [5.74, 6) is 0.385. The SMILES string of the molecule is Cc1cc(SS)cc(C)c1O. The number of phenols is 1. The second kappa shape index (κ2) is 3.41. The normalized spacial score (nSPS) is 10.1. The Balaban J connectivity index is 3.21. The highest BCUT2D eigenvalue weighted by Crippen LogP contribution is 2.29. The fourth-order valence-electron chi connectivity index (χ4n) is 0.969. The third-order valence-electron chi connectivity index (χ3n) is 1.57. The van der Waals surface area contributed by atoms with Crippen molar-refractivity contribution in [3.8, 4) is 5.75 Å². The average molecular weight is 186 g/mol. The maximum atomic E-state index is 9.39. The zero-order chi connectivity index (χ0) is 8.43. The van der Waals surface area contributed by atoms with Crippen molar-refractivity contribution in [1.82, 2.24) is 0 Å². The fraction of sp³-hybridized carbons (Fsp3) is 0.250. The lowest BCUT2D eigenvalue weighted by molar-refractivity contribution is 0.466. The molecule has 0 spiro atoms. The highest BCUT2D eigenvalue weighted by atomic mass is 33.1. The molecule has 0 saturated heterocycles. The van der Waals surface area contributed by atoms with Crippen LogP contribution in [0.5, 0.6) is 5.75 Å². The Kier molecular flexibility index (Phi) is 2.73. The minimum absolute atomic E-state index is 0.385. The Labute approximate surface area is 75.6 Å². The Morgan fingerprint density at radius 3 is 2.09 bits per heavy atom. The molecule has 0 atom stereocenters. The van der Waals surface area contributed by atoms with E-state index in [1.807, 2.05) is 26.0 Å². The summed E-state index contributed by atoms with van der Waals surface area (Å²) in [5, 5.41) is 9.39. The average Bonchev–Trinajstić information content (AvgIpc) is 1.99. The summed E-state index contributed by atoms with van der Waals surface area (Å²) in [6.45, 7) is 3.77. The van der Waals surface area contributed by atoms with Crippen molar-refractivity contribution in [3.63, 3.8) is 0 Å². The number of hydrogen-bond donors (Lipinski definition) is 2. The van der Waals surface area contributed by atoms with Crippen molar-refractivity contribution in [2.45, 2.75) is 18.7 Å². The quantitative estimate of drug-likeness (QED) is 0.519. The molecule has 1 nitrogen and oxygen atoms in total. The predicted molar refractivity (Wildman–Crippen MR) is 52.4 cm³/mol. The predicted octanol–water partition coefficient (Wildman–Crippen LogP) is 2.95. The minimum atomic E-state index is 0.385. The van der Waals surface area contributed by atoms with Gasteiger partial charge in [-0.05, 0) is 37.1 Å². The van der Waals surface area contributed by atoms with Gasteiger partial charge in [-0.15, -0.1) is 11.7 Å². The summed E-state index contributed by atoms with van der Waals surface area (Å²) >= 11 is 4.07. The molecule has 0 bridgehead atoms. The zero-order valence-corrected chi connectivity index (χ0v) is 8.17. The van der Waals surface area contributed by atoms with Crippen LogP contribution in [0.2, 0.25) is 0 Å². The number of aromatic hydroxyl groups is 1. The lowest BCUT2D eigenvalue weighted by Crippen LogP contribution is -1.80. The van der Waals surface area contributed by atoms with Crippen LogP contribution in [0.4, 0.5) is 0 Å². The van der Waals surface area contributed by atoms with E-state index in [2.05, 4.69) is 11.7 Å². The van der Waals surface area contributed by atoms with Crippen LogP contribution in [-0.2, 0) is 0 Å². The van der Waals surface area contributed by atoms with E-state index in [0.717, 1.165) is 16.0 Å². The van der Waals surface area contributed by atoms with Crippen molar-refractivity contribution >= 4 is 22.5 Å². The molecule has 0 amide bonds. The molecule has 1 aromatic carbocycles. The second-order valence-electron chi connectivity index (χ2n) is 2.50. The van der Waals surface area contributed by atoms with E-state index in [9.17, 15) is 5.11 Å². The van der Waals surface area contributed by atoms with Crippen LogP contribution in [0, 0.1) is 13.8 Å². The van der Waals surface area contributed by atoms with Crippen LogP contribution in [0.25, 0.3) is 0 Å². The second-order valence-corrected chi connectivity index (χ2v) is 3.70. The number of thiol groups is 1. The summed E-state index contributed by atoms with van der Waals surface area (Å²) in [6.07, 6.45) is 0.